The number of benzene rings is 1. The number of rotatable bonds is 4. The van der Waals surface area contributed by atoms with E-state index in [2.05, 4.69) is 15.3 Å². The fourth-order valence-electron chi connectivity index (χ4n) is 2.37. The molecule has 156 valence electrons. The van der Waals surface area contributed by atoms with E-state index >= 15 is 0 Å². The van der Waals surface area contributed by atoms with Crippen molar-refractivity contribution < 1.29 is 22.7 Å². The zero-order valence-electron chi connectivity index (χ0n) is 15.9. The van der Waals surface area contributed by atoms with Gasteiger partial charge in [-0.3, -0.25) is 4.79 Å². The van der Waals surface area contributed by atoms with Gasteiger partial charge in [-0.15, -0.1) is 0 Å². The van der Waals surface area contributed by atoms with Crippen LogP contribution in [-0.2, 0) is 11.4 Å². The molecule has 3 N–H and O–H groups in total. The fourth-order valence-corrected chi connectivity index (χ4v) is 2.37. The maximum Gasteiger partial charge on any atom is 0.287 e. The number of carbonyl (C=O) groups is 1. The van der Waals surface area contributed by atoms with Crippen molar-refractivity contribution >= 4 is 17.6 Å². The number of amidine groups is 1. The molecule has 1 aromatic heterocycles. The van der Waals surface area contributed by atoms with Crippen LogP contribution >= 0.6 is 0 Å². The molecular weight excluding hydrogens is 399 g/mol. The van der Waals surface area contributed by atoms with Crippen LogP contribution in [0.2, 0.25) is 0 Å². The van der Waals surface area contributed by atoms with E-state index < -0.39 is 25.1 Å². The molecule has 0 unspecified atom stereocenters. The highest BCUT2D eigenvalue weighted by molar-refractivity contribution is 6.03. The van der Waals surface area contributed by atoms with E-state index in [-0.39, 0.29) is 34.6 Å². The lowest BCUT2D eigenvalue weighted by molar-refractivity contribution is 0.102. The molecule has 1 atom stereocenters. The Kier molecular flexibility index (Phi) is 7.93. The molecule has 1 aliphatic heterocycles. The predicted octanol–water partition coefficient (Wildman–Crippen LogP) is 3.39. The minimum atomic E-state index is -0.908. The lowest BCUT2D eigenvalue weighted by Crippen LogP contribution is -2.23. The predicted molar refractivity (Wildman–Crippen MR) is 104 cm³/mol. The Morgan fingerprint density at radius 1 is 1.30 bits per heavy atom. The minimum absolute atomic E-state index is 0.0312. The van der Waals surface area contributed by atoms with Crippen LogP contribution in [0.1, 0.15) is 28.5 Å². The van der Waals surface area contributed by atoms with Crippen molar-refractivity contribution in [1.29, 1.82) is 5.26 Å². The quantitative estimate of drug-likeness (QED) is 0.792. The molecule has 0 saturated carbocycles. The normalized spacial score (nSPS) is 14.8. The molecular formula is C20H18F3N5O2. The van der Waals surface area contributed by atoms with Gasteiger partial charge in [-0.1, -0.05) is 0 Å². The number of hydrogen-bond donors (Lipinski definition) is 2. The van der Waals surface area contributed by atoms with Crippen molar-refractivity contribution in [3.63, 3.8) is 0 Å². The Morgan fingerprint density at radius 3 is 2.57 bits per heavy atom. The molecule has 0 radical (unpaired) electrons. The number of hydrogen-bond acceptors (Lipinski definition) is 6. The molecule has 0 aliphatic carbocycles. The third-order valence-electron chi connectivity index (χ3n) is 3.68. The molecule has 0 bridgehead atoms. The van der Waals surface area contributed by atoms with Crippen LogP contribution in [0.4, 0.5) is 18.9 Å². The summed E-state index contributed by atoms with van der Waals surface area (Å²) in [6, 6.07) is 8.21. The number of nitrogens with zero attached hydrogens (tertiary/aromatic N) is 3. The second-order valence-corrected chi connectivity index (χ2v) is 6.01. The lowest BCUT2D eigenvalue weighted by Gasteiger charge is -2.13. The highest BCUT2D eigenvalue weighted by Crippen LogP contribution is 2.14. The Bertz CT molecular complexity index is 1000. The summed E-state index contributed by atoms with van der Waals surface area (Å²) >= 11 is 0. The number of halogens is 3. The van der Waals surface area contributed by atoms with E-state index in [0.29, 0.717) is 5.69 Å². The summed E-state index contributed by atoms with van der Waals surface area (Å²) in [7, 11) is 0. The Balaban J connectivity index is 0.000000269. The molecule has 7 nitrogen and oxygen atoms in total. The molecule has 0 saturated heterocycles. The first kappa shape index (κ1) is 22.4. The number of anilines is 1. The number of carbonyl (C=O) groups excluding carboxylic acids is 1. The van der Waals surface area contributed by atoms with Gasteiger partial charge in [0.05, 0.1) is 11.6 Å². The first-order chi connectivity index (χ1) is 14.4. The summed E-state index contributed by atoms with van der Waals surface area (Å²) in [5.41, 5.74) is 5.69. The van der Waals surface area contributed by atoms with Crippen LogP contribution in [0.3, 0.4) is 0 Å². The molecule has 1 aromatic carbocycles. The Labute approximate surface area is 170 Å². The van der Waals surface area contributed by atoms with Crippen molar-refractivity contribution in [3.8, 4) is 6.07 Å². The highest BCUT2D eigenvalue weighted by Gasteiger charge is 2.14. The second kappa shape index (κ2) is 10.6. The standard InChI is InChI=1S/C14H9F2N3O.C6H9FN2O/c15-6-10-5-9(7-17)8-18-13(10)14(20)19-12-3-1-11(16)2-4-12;1-4-2-5(3-7)10-6(8)9-4/h1-5,8H,6H2,(H,19,20);2,4H,3H2,1H3,(H2,8,9)/t;4-/m.0/s1. The largest absolute Gasteiger partial charge is 0.428 e. The van der Waals surface area contributed by atoms with Gasteiger partial charge < -0.3 is 15.8 Å². The number of aromatic nitrogens is 1. The van der Waals surface area contributed by atoms with Gasteiger partial charge in [-0.25, -0.2) is 23.1 Å². The third-order valence-corrected chi connectivity index (χ3v) is 3.68. The first-order valence-corrected chi connectivity index (χ1v) is 8.66. The van der Waals surface area contributed by atoms with E-state index in [4.69, 9.17) is 15.7 Å². The number of pyridine rings is 1. The van der Waals surface area contributed by atoms with Gasteiger partial charge in [0.2, 0.25) is 0 Å². The van der Waals surface area contributed by atoms with Crippen LogP contribution in [0.15, 0.2) is 53.4 Å². The average Bonchev–Trinajstić information content (AvgIpc) is 2.74. The monoisotopic (exact) mass is 417 g/mol. The van der Waals surface area contributed by atoms with E-state index in [9.17, 15) is 18.0 Å². The van der Waals surface area contributed by atoms with Gasteiger partial charge in [0.15, 0.2) is 0 Å². The number of nitriles is 1. The molecule has 0 fully saturated rings. The summed E-state index contributed by atoms with van der Waals surface area (Å²) in [4.78, 5) is 19.6. The van der Waals surface area contributed by atoms with Crippen molar-refractivity contribution in [3.05, 3.63) is 71.0 Å². The number of alkyl halides is 2. The van der Waals surface area contributed by atoms with Crippen molar-refractivity contribution in [2.24, 2.45) is 10.7 Å². The number of nitrogens with one attached hydrogen (secondary N) is 1. The van der Waals surface area contributed by atoms with Gasteiger partial charge in [-0.2, -0.15) is 5.26 Å². The minimum Gasteiger partial charge on any atom is -0.428 e. The van der Waals surface area contributed by atoms with Crippen molar-refractivity contribution in [2.75, 3.05) is 12.0 Å². The molecule has 2 heterocycles. The third kappa shape index (κ3) is 6.34. The summed E-state index contributed by atoms with van der Waals surface area (Å²) in [5, 5.41) is 11.2. The SMILES string of the molecule is C[C@H]1C=C(CF)OC(N)=N1.N#Cc1cnc(C(=O)Nc2ccc(F)cc2)c(CF)c1. The van der Waals surface area contributed by atoms with E-state index in [1.807, 2.05) is 13.0 Å². The summed E-state index contributed by atoms with van der Waals surface area (Å²) in [6.45, 7) is 0.278. The molecule has 30 heavy (non-hydrogen) atoms. The first-order valence-electron chi connectivity index (χ1n) is 8.66. The molecule has 2 aromatic rings. The van der Waals surface area contributed by atoms with Gasteiger partial charge in [0.25, 0.3) is 11.9 Å². The number of nitrogens with two attached hydrogens (primary N) is 1. The summed E-state index contributed by atoms with van der Waals surface area (Å²) < 4.78 is 42.3. The van der Waals surface area contributed by atoms with Crippen LogP contribution in [0.25, 0.3) is 0 Å². The Hall–Kier alpha value is -3.87. The van der Waals surface area contributed by atoms with E-state index in [1.54, 1.807) is 6.08 Å². The van der Waals surface area contributed by atoms with Crippen LogP contribution in [-0.4, -0.2) is 29.6 Å². The maximum absolute atomic E-state index is 12.9. The number of allylic oxidation sites excluding steroid dienone is 1. The molecule has 10 heteroatoms. The second-order valence-electron chi connectivity index (χ2n) is 6.01. The van der Waals surface area contributed by atoms with Crippen molar-refractivity contribution in [2.45, 2.75) is 19.6 Å². The van der Waals surface area contributed by atoms with E-state index in [1.165, 1.54) is 36.5 Å². The number of ether oxygens (including phenoxy) is 1. The van der Waals surface area contributed by atoms with E-state index in [0.717, 1.165) is 0 Å². The average molecular weight is 417 g/mol. The van der Waals surface area contributed by atoms with Crippen LogP contribution < -0.4 is 11.1 Å². The van der Waals surface area contributed by atoms with Crippen LogP contribution in [0, 0.1) is 17.1 Å². The van der Waals surface area contributed by atoms with Gasteiger partial charge in [-0.05, 0) is 43.3 Å². The number of amides is 1. The summed E-state index contributed by atoms with van der Waals surface area (Å²) in [5.74, 6) is -0.794. The summed E-state index contributed by atoms with van der Waals surface area (Å²) in [6.07, 6.45) is 2.79. The fraction of sp³-hybridized carbons (Fsp3) is 0.200. The number of aliphatic imine (C=N–C) groups is 1. The highest BCUT2D eigenvalue weighted by atomic mass is 19.1. The molecule has 1 amide bonds. The van der Waals surface area contributed by atoms with Gasteiger partial charge in [0, 0.05) is 17.4 Å². The smallest absolute Gasteiger partial charge is 0.287 e. The van der Waals surface area contributed by atoms with Crippen molar-refractivity contribution in [1.82, 2.24) is 4.98 Å². The molecule has 1 aliphatic rings. The zero-order chi connectivity index (χ0) is 22.1. The molecule has 3 rings (SSSR count). The van der Waals surface area contributed by atoms with Gasteiger partial charge >= 0.3 is 0 Å². The Morgan fingerprint density at radius 2 is 2.00 bits per heavy atom. The maximum atomic E-state index is 12.9. The lowest BCUT2D eigenvalue weighted by atomic mass is 10.1. The van der Waals surface area contributed by atoms with Crippen LogP contribution in [0.5, 0.6) is 0 Å². The molecule has 0 spiro atoms. The zero-order valence-corrected chi connectivity index (χ0v) is 15.9. The topological polar surface area (TPSA) is 113 Å². The van der Waals surface area contributed by atoms with Gasteiger partial charge in [0.1, 0.15) is 36.7 Å².